The molecule has 0 fully saturated rings. The van der Waals surface area contributed by atoms with E-state index in [-0.39, 0.29) is 13.2 Å². The summed E-state index contributed by atoms with van der Waals surface area (Å²) in [4.78, 5) is 13.5. The molecule has 1 aromatic heterocycles. The van der Waals surface area contributed by atoms with Crippen molar-refractivity contribution < 1.29 is 22.7 Å². The number of hydrogen-bond acceptors (Lipinski definition) is 5. The Balaban J connectivity index is 3.02. The minimum absolute atomic E-state index is 0.00291. The van der Waals surface area contributed by atoms with Crippen LogP contribution in [0.15, 0.2) is 0 Å². The second-order valence-electron chi connectivity index (χ2n) is 4.25. The molecule has 9 heteroatoms. The molecule has 1 heterocycles. The Morgan fingerprint density at radius 3 is 2.38 bits per heavy atom. The van der Waals surface area contributed by atoms with Crippen molar-refractivity contribution in [2.75, 3.05) is 26.2 Å². The van der Waals surface area contributed by atoms with Crippen molar-refractivity contribution in [3.63, 3.8) is 0 Å². The van der Waals surface area contributed by atoms with E-state index in [1.807, 2.05) is 18.7 Å². The molecule has 0 bridgehead atoms. The third-order valence-corrected chi connectivity index (χ3v) is 2.99. The summed E-state index contributed by atoms with van der Waals surface area (Å²) in [6.45, 7) is 7.15. The third-order valence-electron chi connectivity index (χ3n) is 2.99. The Hall–Kier alpha value is -1.64. The molecule has 0 spiro atoms. The molecule has 0 atom stereocenters. The minimum atomic E-state index is -4.71. The van der Waals surface area contributed by atoms with Gasteiger partial charge in [0, 0.05) is 6.54 Å². The van der Waals surface area contributed by atoms with E-state index >= 15 is 0 Å². The Morgan fingerprint density at radius 1 is 1.29 bits per heavy atom. The van der Waals surface area contributed by atoms with Gasteiger partial charge in [0.2, 0.25) is 5.69 Å². The Labute approximate surface area is 120 Å². The van der Waals surface area contributed by atoms with Gasteiger partial charge in [-0.15, -0.1) is 5.10 Å². The van der Waals surface area contributed by atoms with Crippen molar-refractivity contribution in [1.29, 1.82) is 0 Å². The summed E-state index contributed by atoms with van der Waals surface area (Å²) < 4.78 is 44.6. The summed E-state index contributed by atoms with van der Waals surface area (Å²) in [6.07, 6.45) is -4.71. The highest BCUT2D eigenvalue weighted by Gasteiger charge is 2.41. The van der Waals surface area contributed by atoms with Crippen molar-refractivity contribution in [2.24, 2.45) is 0 Å². The van der Waals surface area contributed by atoms with E-state index in [0.717, 1.165) is 13.1 Å². The van der Waals surface area contributed by atoms with Gasteiger partial charge >= 0.3 is 12.1 Å². The number of carbonyl (C=O) groups is 1. The van der Waals surface area contributed by atoms with Crippen LogP contribution < -0.4 is 0 Å². The van der Waals surface area contributed by atoms with Gasteiger partial charge < -0.3 is 9.64 Å². The van der Waals surface area contributed by atoms with Crippen LogP contribution in [0, 0.1) is 0 Å². The topological polar surface area (TPSA) is 60.2 Å². The Bertz CT molecular complexity index is 470. The molecular formula is C12H19F3N4O2. The fourth-order valence-corrected chi connectivity index (χ4v) is 1.86. The fourth-order valence-electron chi connectivity index (χ4n) is 1.86. The van der Waals surface area contributed by atoms with Crippen molar-refractivity contribution in [1.82, 2.24) is 19.9 Å². The first-order valence-corrected chi connectivity index (χ1v) is 6.75. The van der Waals surface area contributed by atoms with E-state index in [2.05, 4.69) is 15.0 Å². The number of rotatable bonds is 7. The molecule has 120 valence electrons. The second kappa shape index (κ2) is 7.39. The third kappa shape index (κ3) is 4.42. The molecule has 0 saturated heterocycles. The summed E-state index contributed by atoms with van der Waals surface area (Å²) in [7, 11) is 0. The van der Waals surface area contributed by atoms with Crippen LogP contribution in [0.5, 0.6) is 0 Å². The lowest BCUT2D eigenvalue weighted by atomic mass is 10.3. The molecule has 0 radical (unpaired) electrons. The summed E-state index contributed by atoms with van der Waals surface area (Å²) in [5.41, 5.74) is -1.95. The first-order chi connectivity index (χ1) is 9.85. The Kier molecular flexibility index (Phi) is 6.13. The number of aromatic nitrogens is 3. The minimum Gasteiger partial charge on any atom is -0.461 e. The van der Waals surface area contributed by atoms with E-state index in [1.165, 1.54) is 6.92 Å². The molecular weight excluding hydrogens is 289 g/mol. The lowest BCUT2D eigenvalue weighted by Crippen LogP contribution is -2.29. The summed E-state index contributed by atoms with van der Waals surface area (Å²) in [5.74, 6) is -1.11. The van der Waals surface area contributed by atoms with Crippen molar-refractivity contribution >= 4 is 5.97 Å². The van der Waals surface area contributed by atoms with Gasteiger partial charge in [-0.1, -0.05) is 19.1 Å². The maximum absolute atomic E-state index is 13.1. The van der Waals surface area contributed by atoms with Crippen LogP contribution in [0.2, 0.25) is 0 Å². The van der Waals surface area contributed by atoms with Gasteiger partial charge in [0.15, 0.2) is 5.69 Å². The van der Waals surface area contributed by atoms with Gasteiger partial charge in [-0.05, 0) is 20.0 Å². The van der Waals surface area contributed by atoms with Gasteiger partial charge in [-0.25, -0.2) is 9.48 Å². The molecule has 6 nitrogen and oxygen atoms in total. The van der Waals surface area contributed by atoms with Gasteiger partial charge in [0.25, 0.3) is 0 Å². The fraction of sp³-hybridized carbons (Fsp3) is 0.750. The predicted molar refractivity (Wildman–Crippen MR) is 68.8 cm³/mol. The van der Waals surface area contributed by atoms with Gasteiger partial charge in [0.05, 0.1) is 13.2 Å². The molecule has 21 heavy (non-hydrogen) atoms. The summed E-state index contributed by atoms with van der Waals surface area (Å²) in [6, 6.07) is 0. The highest BCUT2D eigenvalue weighted by Crippen LogP contribution is 2.31. The molecule has 0 amide bonds. The molecule has 0 aliphatic heterocycles. The number of nitrogens with zero attached hydrogens (tertiary/aromatic N) is 4. The monoisotopic (exact) mass is 308 g/mol. The quantitative estimate of drug-likeness (QED) is 0.719. The smallest absolute Gasteiger partial charge is 0.435 e. The SMILES string of the molecule is CCOC(=O)c1nnn(CCN(CC)CC)c1C(F)(F)F. The molecule has 0 aromatic carbocycles. The largest absolute Gasteiger partial charge is 0.461 e. The number of alkyl halides is 3. The highest BCUT2D eigenvalue weighted by molar-refractivity contribution is 5.88. The van der Waals surface area contributed by atoms with Crippen LogP contribution in [0.1, 0.15) is 37.0 Å². The van der Waals surface area contributed by atoms with E-state index < -0.39 is 23.5 Å². The van der Waals surface area contributed by atoms with Crippen LogP contribution in [-0.4, -0.2) is 52.1 Å². The Morgan fingerprint density at radius 2 is 1.90 bits per heavy atom. The van der Waals surface area contributed by atoms with Crippen LogP contribution >= 0.6 is 0 Å². The first kappa shape index (κ1) is 17.4. The summed E-state index contributed by atoms with van der Waals surface area (Å²) in [5, 5.41) is 6.78. The average molecular weight is 308 g/mol. The molecule has 1 aromatic rings. The zero-order valence-corrected chi connectivity index (χ0v) is 12.3. The van der Waals surface area contributed by atoms with E-state index in [1.54, 1.807) is 0 Å². The normalized spacial score (nSPS) is 12.0. The van der Waals surface area contributed by atoms with Gasteiger partial charge in [0.1, 0.15) is 0 Å². The van der Waals surface area contributed by atoms with E-state index in [4.69, 9.17) is 0 Å². The molecule has 0 aliphatic rings. The van der Waals surface area contributed by atoms with Gasteiger partial charge in [-0.3, -0.25) is 0 Å². The van der Waals surface area contributed by atoms with Crippen molar-refractivity contribution in [2.45, 2.75) is 33.5 Å². The maximum atomic E-state index is 13.1. The van der Waals surface area contributed by atoms with Crippen molar-refractivity contribution in [3.8, 4) is 0 Å². The molecule has 0 unspecified atom stereocenters. The van der Waals surface area contributed by atoms with E-state index in [9.17, 15) is 18.0 Å². The molecule has 1 rings (SSSR count). The lowest BCUT2D eigenvalue weighted by Gasteiger charge is -2.18. The summed E-state index contributed by atoms with van der Waals surface area (Å²) >= 11 is 0. The number of ether oxygens (including phenoxy) is 1. The zero-order chi connectivity index (χ0) is 16.0. The molecule has 0 aliphatic carbocycles. The average Bonchev–Trinajstić information content (AvgIpc) is 2.84. The molecule has 0 saturated carbocycles. The van der Waals surface area contributed by atoms with Crippen LogP contribution in [-0.2, 0) is 17.5 Å². The zero-order valence-electron chi connectivity index (χ0n) is 12.3. The second-order valence-corrected chi connectivity index (χ2v) is 4.25. The lowest BCUT2D eigenvalue weighted by molar-refractivity contribution is -0.144. The number of likely N-dealkylation sites (N-methyl/N-ethyl adjacent to an activating group) is 1. The molecule has 0 N–H and O–H groups in total. The first-order valence-electron chi connectivity index (χ1n) is 6.75. The maximum Gasteiger partial charge on any atom is 0.435 e. The number of halogens is 3. The van der Waals surface area contributed by atoms with Crippen LogP contribution in [0.4, 0.5) is 13.2 Å². The number of carbonyl (C=O) groups excluding carboxylic acids is 1. The highest BCUT2D eigenvalue weighted by atomic mass is 19.4. The van der Waals surface area contributed by atoms with Crippen LogP contribution in [0.25, 0.3) is 0 Å². The number of esters is 1. The van der Waals surface area contributed by atoms with E-state index in [0.29, 0.717) is 11.2 Å². The van der Waals surface area contributed by atoms with Crippen molar-refractivity contribution in [3.05, 3.63) is 11.4 Å². The van der Waals surface area contributed by atoms with Crippen LogP contribution in [0.3, 0.4) is 0 Å². The standard InChI is InChI=1S/C12H19F3N4O2/c1-4-18(5-2)7-8-19-10(12(13,14)15)9(16-17-19)11(20)21-6-3/h4-8H2,1-3H3. The van der Waals surface area contributed by atoms with Gasteiger partial charge in [-0.2, -0.15) is 13.2 Å². The number of hydrogen-bond donors (Lipinski definition) is 0. The predicted octanol–water partition coefficient (Wildman–Crippen LogP) is 1.82.